The Balaban J connectivity index is 1.56. The van der Waals surface area contributed by atoms with Crippen LogP contribution in [0.5, 0.6) is 0 Å². The van der Waals surface area contributed by atoms with Gasteiger partial charge < -0.3 is 15.3 Å². The van der Waals surface area contributed by atoms with Crippen LogP contribution in [0.25, 0.3) is 0 Å². The predicted molar refractivity (Wildman–Crippen MR) is 116 cm³/mol. The quantitative estimate of drug-likeness (QED) is 0.657. The number of likely N-dealkylation sites (tertiary alicyclic amines) is 1. The molecule has 4 rings (SSSR count). The van der Waals surface area contributed by atoms with Crippen LogP contribution in [0, 0.1) is 11.2 Å². The lowest BCUT2D eigenvalue weighted by atomic mass is 9.62. The number of rotatable bonds is 3. The molecule has 0 bridgehead atoms. The molecule has 2 heterocycles. The van der Waals surface area contributed by atoms with Crippen LogP contribution in [0.1, 0.15) is 48.8 Å². The first-order valence-electron chi connectivity index (χ1n) is 11.1. The van der Waals surface area contributed by atoms with Crippen molar-refractivity contribution in [2.24, 2.45) is 5.41 Å². The summed E-state index contributed by atoms with van der Waals surface area (Å²) in [6.07, 6.45) is -3.61. The Morgan fingerprint density at radius 3 is 2.24 bits per heavy atom. The molecule has 0 aliphatic carbocycles. The summed E-state index contributed by atoms with van der Waals surface area (Å²) in [5, 5.41) is 13.8. The third-order valence-electron chi connectivity index (χ3n) is 7.25. The van der Waals surface area contributed by atoms with Gasteiger partial charge >= 0.3 is 6.18 Å². The molecule has 2 fully saturated rings. The number of benzene rings is 2. The highest BCUT2D eigenvalue weighted by Crippen LogP contribution is 2.49. The van der Waals surface area contributed by atoms with Gasteiger partial charge in [-0.25, -0.2) is 4.39 Å². The zero-order valence-electron chi connectivity index (χ0n) is 18.7. The Morgan fingerprint density at radius 1 is 1.06 bits per heavy atom. The fraction of sp³-hybridized carbons (Fsp3) is 0.440. The zero-order chi connectivity index (χ0) is 24.7. The number of hydrogen-bond acceptors (Lipinski definition) is 3. The average Bonchev–Trinajstić information content (AvgIpc) is 2.79. The summed E-state index contributed by atoms with van der Waals surface area (Å²) in [4.78, 5) is 26.8. The molecule has 1 spiro atoms. The monoisotopic (exact) mass is 478 g/mol. The maximum Gasteiger partial charge on any atom is 0.416 e. The van der Waals surface area contributed by atoms with Crippen LogP contribution < -0.4 is 5.32 Å². The van der Waals surface area contributed by atoms with Gasteiger partial charge in [0.25, 0.3) is 5.91 Å². The molecule has 2 N–H and O–H groups in total. The van der Waals surface area contributed by atoms with Gasteiger partial charge in [0.2, 0.25) is 5.91 Å². The van der Waals surface area contributed by atoms with Gasteiger partial charge in [0.1, 0.15) is 5.82 Å². The summed E-state index contributed by atoms with van der Waals surface area (Å²) in [7, 11) is 0. The number of amides is 2. The minimum atomic E-state index is -4.72. The molecule has 2 aromatic rings. The highest BCUT2D eigenvalue weighted by atomic mass is 19.4. The number of alkyl halides is 3. The molecule has 2 atom stereocenters. The van der Waals surface area contributed by atoms with Crippen molar-refractivity contribution in [3.05, 3.63) is 71.0 Å². The second kappa shape index (κ2) is 8.69. The van der Waals surface area contributed by atoms with Crippen molar-refractivity contribution in [2.75, 3.05) is 19.6 Å². The number of nitrogens with zero attached hydrogens (tertiary/aromatic N) is 1. The lowest BCUT2D eigenvalue weighted by Gasteiger charge is -2.49. The first-order chi connectivity index (χ1) is 15.9. The Hall–Kier alpha value is -2.94. The SMILES string of the molecule is C[C@](O)(C(=O)N1CCC2(CC1)CC(=O)NC[C@H]2c1ccc(F)cc1)c1ccccc1C(F)(F)F. The molecule has 2 aromatic carbocycles. The first kappa shape index (κ1) is 24.2. The lowest BCUT2D eigenvalue weighted by molar-refractivity contribution is -0.156. The van der Waals surface area contributed by atoms with Crippen molar-refractivity contribution in [1.82, 2.24) is 10.2 Å². The van der Waals surface area contributed by atoms with Gasteiger partial charge in [0, 0.05) is 37.5 Å². The molecule has 2 aliphatic heterocycles. The maximum absolute atomic E-state index is 13.5. The van der Waals surface area contributed by atoms with E-state index >= 15 is 0 Å². The molecule has 0 unspecified atom stereocenters. The molecule has 2 amide bonds. The highest BCUT2D eigenvalue weighted by molar-refractivity contribution is 5.86. The van der Waals surface area contributed by atoms with E-state index in [1.54, 1.807) is 12.1 Å². The van der Waals surface area contributed by atoms with Gasteiger partial charge in [-0.2, -0.15) is 13.2 Å². The summed E-state index contributed by atoms with van der Waals surface area (Å²) in [6.45, 7) is 1.84. The highest BCUT2D eigenvalue weighted by Gasteiger charge is 2.49. The molecule has 0 saturated carbocycles. The van der Waals surface area contributed by atoms with E-state index in [-0.39, 0.29) is 37.2 Å². The van der Waals surface area contributed by atoms with Gasteiger partial charge in [-0.05, 0) is 48.9 Å². The third kappa shape index (κ3) is 4.41. The van der Waals surface area contributed by atoms with Crippen LogP contribution in [0.4, 0.5) is 17.6 Å². The van der Waals surface area contributed by atoms with Crippen LogP contribution in [0.3, 0.4) is 0 Å². The number of piperidine rings is 2. The zero-order valence-corrected chi connectivity index (χ0v) is 18.7. The summed E-state index contributed by atoms with van der Waals surface area (Å²) in [6, 6.07) is 10.6. The molecule has 0 radical (unpaired) electrons. The van der Waals surface area contributed by atoms with E-state index in [9.17, 15) is 32.3 Å². The molecule has 2 saturated heterocycles. The normalized spacial score (nSPS) is 22.2. The molecule has 34 heavy (non-hydrogen) atoms. The number of carbonyl (C=O) groups is 2. The molecule has 2 aliphatic rings. The van der Waals surface area contributed by atoms with Crippen LogP contribution in [0.2, 0.25) is 0 Å². The fourth-order valence-electron chi connectivity index (χ4n) is 5.36. The Labute approximate surface area is 194 Å². The van der Waals surface area contributed by atoms with E-state index in [2.05, 4.69) is 5.32 Å². The average molecular weight is 478 g/mol. The summed E-state index contributed by atoms with van der Waals surface area (Å²) >= 11 is 0. The number of hydrogen-bond donors (Lipinski definition) is 2. The predicted octanol–water partition coefficient (Wildman–Crippen LogP) is 3.96. The smallest absolute Gasteiger partial charge is 0.376 e. The second-order valence-corrected chi connectivity index (χ2v) is 9.36. The Kier molecular flexibility index (Phi) is 6.18. The lowest BCUT2D eigenvalue weighted by Crippen LogP contribution is -2.55. The van der Waals surface area contributed by atoms with E-state index in [1.165, 1.54) is 29.2 Å². The molecular weight excluding hydrogens is 452 g/mol. The minimum absolute atomic E-state index is 0.0884. The fourth-order valence-corrected chi connectivity index (χ4v) is 5.36. The van der Waals surface area contributed by atoms with Crippen LogP contribution in [-0.4, -0.2) is 41.5 Å². The second-order valence-electron chi connectivity index (χ2n) is 9.36. The van der Waals surface area contributed by atoms with E-state index in [1.807, 2.05) is 0 Å². The summed E-state index contributed by atoms with van der Waals surface area (Å²) in [5.74, 6) is -1.36. The van der Waals surface area contributed by atoms with Gasteiger partial charge in [-0.15, -0.1) is 0 Å². The maximum atomic E-state index is 13.5. The number of aliphatic hydroxyl groups is 1. The van der Waals surface area contributed by atoms with Gasteiger partial charge in [-0.1, -0.05) is 30.3 Å². The van der Waals surface area contributed by atoms with E-state index < -0.39 is 34.2 Å². The Bertz CT molecular complexity index is 1070. The molecule has 9 heteroatoms. The van der Waals surface area contributed by atoms with Crippen LogP contribution in [-0.2, 0) is 21.4 Å². The van der Waals surface area contributed by atoms with E-state index in [0.717, 1.165) is 24.6 Å². The minimum Gasteiger partial charge on any atom is -0.376 e. The summed E-state index contributed by atoms with van der Waals surface area (Å²) in [5.41, 5.74) is -3.49. The topological polar surface area (TPSA) is 69.6 Å². The molecule has 5 nitrogen and oxygen atoms in total. The van der Waals surface area contributed by atoms with Crippen molar-refractivity contribution in [2.45, 2.75) is 43.9 Å². The van der Waals surface area contributed by atoms with Crippen molar-refractivity contribution in [3.63, 3.8) is 0 Å². The van der Waals surface area contributed by atoms with Crippen LogP contribution >= 0.6 is 0 Å². The van der Waals surface area contributed by atoms with Crippen LogP contribution in [0.15, 0.2) is 48.5 Å². The number of carbonyl (C=O) groups excluding carboxylic acids is 2. The largest absolute Gasteiger partial charge is 0.416 e. The van der Waals surface area contributed by atoms with Crippen molar-refractivity contribution in [3.8, 4) is 0 Å². The third-order valence-corrected chi connectivity index (χ3v) is 7.25. The number of nitrogens with one attached hydrogen (secondary N) is 1. The molecular formula is C25H26F4N2O3. The van der Waals surface area contributed by atoms with Crippen molar-refractivity contribution >= 4 is 11.8 Å². The summed E-state index contributed by atoms with van der Waals surface area (Å²) < 4.78 is 53.9. The molecule has 182 valence electrons. The Morgan fingerprint density at radius 2 is 1.65 bits per heavy atom. The van der Waals surface area contributed by atoms with E-state index in [4.69, 9.17) is 0 Å². The van der Waals surface area contributed by atoms with Gasteiger partial charge in [0.05, 0.1) is 5.56 Å². The van der Waals surface area contributed by atoms with Crippen molar-refractivity contribution in [1.29, 1.82) is 0 Å². The van der Waals surface area contributed by atoms with Crippen molar-refractivity contribution < 1.29 is 32.3 Å². The molecule has 0 aromatic heterocycles. The first-order valence-corrected chi connectivity index (χ1v) is 11.1. The van der Waals surface area contributed by atoms with E-state index in [0.29, 0.717) is 19.4 Å². The standard InChI is InChI=1S/C25H26F4N2O3/c1-23(34,18-4-2-3-5-19(18)25(27,28)29)22(33)31-12-10-24(11-13-31)14-21(32)30-15-20(24)16-6-8-17(26)9-7-16/h2-9,20,34H,10-15H2,1H3,(H,30,32)/t20-,23+/m0/s1. The number of halogens is 4. The van der Waals surface area contributed by atoms with Gasteiger partial charge in [-0.3, -0.25) is 9.59 Å². The van der Waals surface area contributed by atoms with Gasteiger partial charge in [0.15, 0.2) is 5.60 Å².